The number of rotatable bonds is 6. The highest BCUT2D eigenvalue weighted by molar-refractivity contribution is 6.32. The van der Waals surface area contributed by atoms with Crippen LogP contribution >= 0.6 is 11.6 Å². The van der Waals surface area contributed by atoms with Gasteiger partial charge in [0.1, 0.15) is 18.2 Å². The molecule has 5 nitrogen and oxygen atoms in total. The molecule has 0 aliphatic carbocycles. The van der Waals surface area contributed by atoms with Crippen molar-refractivity contribution < 1.29 is 13.9 Å². The highest BCUT2D eigenvalue weighted by Crippen LogP contribution is 2.26. The van der Waals surface area contributed by atoms with Crippen LogP contribution in [0.2, 0.25) is 5.02 Å². The number of halogens is 1. The first-order valence-corrected chi connectivity index (χ1v) is 8.70. The van der Waals surface area contributed by atoms with Crippen LogP contribution < -0.4 is 5.63 Å². The molecule has 0 radical (unpaired) electrons. The zero-order chi connectivity index (χ0) is 18.7. The smallest absolute Gasteiger partial charge is 0.336 e. The molecule has 0 saturated heterocycles. The first-order chi connectivity index (χ1) is 11.7. The van der Waals surface area contributed by atoms with Gasteiger partial charge in [-0.3, -0.25) is 9.69 Å². The number of likely N-dealkylation sites (N-methyl/N-ethyl adjacent to an activating group) is 1. The second-order valence-electron chi connectivity index (χ2n) is 6.64. The van der Waals surface area contributed by atoms with E-state index in [2.05, 4.69) is 0 Å². The maximum atomic E-state index is 12.4. The number of benzene rings is 1. The van der Waals surface area contributed by atoms with E-state index in [4.69, 9.17) is 20.8 Å². The largest absolute Gasteiger partial charge is 0.460 e. The summed E-state index contributed by atoms with van der Waals surface area (Å²) in [6.07, 6.45) is 0.733. The SMILES string of the molecule is CCc1cc2oc(=O)cc(COC(=O)[C@H](C(C)C)N(C)C)c2cc1Cl. The third-order valence-electron chi connectivity index (χ3n) is 4.18. The van der Waals surface area contributed by atoms with E-state index in [-0.39, 0.29) is 24.5 Å². The predicted molar refractivity (Wildman–Crippen MR) is 99.0 cm³/mol. The molecule has 0 aliphatic rings. The minimum atomic E-state index is -0.476. The van der Waals surface area contributed by atoms with Gasteiger partial charge in [0.15, 0.2) is 0 Å². The minimum absolute atomic E-state index is 0.000204. The Morgan fingerprint density at radius 2 is 1.92 bits per heavy atom. The summed E-state index contributed by atoms with van der Waals surface area (Å²) < 4.78 is 10.7. The van der Waals surface area contributed by atoms with E-state index in [1.807, 2.05) is 39.8 Å². The molecule has 0 N–H and O–H groups in total. The summed E-state index contributed by atoms with van der Waals surface area (Å²) in [6.45, 7) is 5.90. The molecule has 0 bridgehead atoms. The van der Waals surface area contributed by atoms with Gasteiger partial charge < -0.3 is 9.15 Å². The lowest BCUT2D eigenvalue weighted by Gasteiger charge is -2.25. The Morgan fingerprint density at radius 1 is 1.24 bits per heavy atom. The zero-order valence-electron chi connectivity index (χ0n) is 15.3. The monoisotopic (exact) mass is 365 g/mol. The summed E-state index contributed by atoms with van der Waals surface area (Å²) in [5.41, 5.74) is 1.47. The third-order valence-corrected chi connectivity index (χ3v) is 4.53. The van der Waals surface area contributed by atoms with Gasteiger partial charge in [-0.1, -0.05) is 32.4 Å². The van der Waals surface area contributed by atoms with Crippen molar-refractivity contribution in [2.75, 3.05) is 14.1 Å². The van der Waals surface area contributed by atoms with Crippen LogP contribution in [0.25, 0.3) is 11.0 Å². The van der Waals surface area contributed by atoms with Gasteiger partial charge in [0.05, 0.1) is 0 Å². The molecular weight excluding hydrogens is 342 g/mol. The lowest BCUT2D eigenvalue weighted by atomic mass is 10.0. The summed E-state index contributed by atoms with van der Waals surface area (Å²) in [5, 5.41) is 1.28. The Kier molecular flexibility index (Phi) is 6.25. The summed E-state index contributed by atoms with van der Waals surface area (Å²) >= 11 is 6.28. The van der Waals surface area contributed by atoms with Crippen LogP contribution in [-0.4, -0.2) is 31.0 Å². The molecule has 0 aliphatic heterocycles. The molecule has 1 atom stereocenters. The molecule has 136 valence electrons. The molecule has 1 aromatic heterocycles. The summed E-state index contributed by atoms with van der Waals surface area (Å²) in [4.78, 5) is 26.1. The van der Waals surface area contributed by atoms with Crippen LogP contribution in [0.3, 0.4) is 0 Å². The molecule has 0 spiro atoms. The first kappa shape index (κ1) is 19.5. The second kappa shape index (κ2) is 8.02. The van der Waals surface area contributed by atoms with Crippen molar-refractivity contribution in [3.05, 3.63) is 44.8 Å². The van der Waals surface area contributed by atoms with Crippen LogP contribution in [0.4, 0.5) is 0 Å². The number of ether oxygens (including phenoxy) is 1. The highest BCUT2D eigenvalue weighted by atomic mass is 35.5. The Balaban J connectivity index is 2.33. The van der Waals surface area contributed by atoms with Gasteiger partial charge in [0.25, 0.3) is 0 Å². The van der Waals surface area contributed by atoms with Crippen LogP contribution in [0.5, 0.6) is 0 Å². The van der Waals surface area contributed by atoms with Gasteiger partial charge in [-0.25, -0.2) is 4.79 Å². The average Bonchev–Trinajstić information content (AvgIpc) is 2.51. The van der Waals surface area contributed by atoms with Gasteiger partial charge >= 0.3 is 11.6 Å². The zero-order valence-corrected chi connectivity index (χ0v) is 16.0. The summed E-state index contributed by atoms with van der Waals surface area (Å²) in [5.74, 6) is -0.209. The van der Waals surface area contributed by atoms with Crippen LogP contribution in [0.1, 0.15) is 31.9 Å². The van der Waals surface area contributed by atoms with E-state index in [0.717, 1.165) is 12.0 Å². The molecule has 0 saturated carbocycles. The number of aryl methyl sites for hydroxylation is 1. The van der Waals surface area contributed by atoms with Gasteiger partial charge in [-0.05, 0) is 44.1 Å². The van der Waals surface area contributed by atoms with Crippen LogP contribution in [0, 0.1) is 5.92 Å². The lowest BCUT2D eigenvalue weighted by molar-refractivity contribution is -0.152. The Labute approximate surface area is 152 Å². The van der Waals surface area contributed by atoms with Gasteiger partial charge in [-0.15, -0.1) is 0 Å². The van der Waals surface area contributed by atoms with Crippen LogP contribution in [0.15, 0.2) is 27.4 Å². The number of carbonyl (C=O) groups excluding carboxylic acids is 1. The maximum absolute atomic E-state index is 12.4. The van der Waals surface area contributed by atoms with Crippen molar-refractivity contribution >= 4 is 28.5 Å². The van der Waals surface area contributed by atoms with Crippen molar-refractivity contribution in [1.82, 2.24) is 4.90 Å². The third kappa shape index (κ3) is 4.41. The second-order valence-corrected chi connectivity index (χ2v) is 7.05. The lowest BCUT2D eigenvalue weighted by Crippen LogP contribution is -2.41. The van der Waals surface area contributed by atoms with Crippen molar-refractivity contribution in [2.45, 2.75) is 39.8 Å². The standard InChI is InChI=1S/C19H24ClNO4/c1-6-12-7-16-14(9-15(12)20)13(8-17(22)25-16)10-24-19(23)18(11(2)3)21(4)5/h7-9,11,18H,6,10H2,1-5H3/t18-/m0/s1. The Bertz CT molecular complexity index is 818. The van der Waals surface area contributed by atoms with Gasteiger partial charge in [0.2, 0.25) is 0 Å². The quantitative estimate of drug-likeness (QED) is 0.577. The fourth-order valence-electron chi connectivity index (χ4n) is 2.99. The molecule has 25 heavy (non-hydrogen) atoms. The molecule has 6 heteroatoms. The van der Waals surface area contributed by atoms with E-state index >= 15 is 0 Å². The Morgan fingerprint density at radius 3 is 2.48 bits per heavy atom. The number of hydrogen-bond donors (Lipinski definition) is 0. The molecule has 0 amide bonds. The van der Waals surface area contributed by atoms with Crippen molar-refractivity contribution in [3.8, 4) is 0 Å². The molecule has 0 unspecified atom stereocenters. The fraction of sp³-hybridized carbons (Fsp3) is 0.474. The normalized spacial score (nSPS) is 12.8. The van der Waals surface area contributed by atoms with E-state index in [0.29, 0.717) is 21.6 Å². The van der Waals surface area contributed by atoms with E-state index in [1.165, 1.54) is 6.07 Å². The topological polar surface area (TPSA) is 59.8 Å². The number of fused-ring (bicyclic) bond motifs is 1. The number of hydrogen-bond acceptors (Lipinski definition) is 5. The molecule has 2 aromatic rings. The molecule has 0 fully saturated rings. The van der Waals surface area contributed by atoms with Crippen molar-refractivity contribution in [3.63, 3.8) is 0 Å². The van der Waals surface area contributed by atoms with Crippen molar-refractivity contribution in [2.24, 2.45) is 5.92 Å². The van der Waals surface area contributed by atoms with Crippen LogP contribution in [-0.2, 0) is 22.6 Å². The minimum Gasteiger partial charge on any atom is -0.460 e. The average molecular weight is 366 g/mol. The van der Waals surface area contributed by atoms with Gasteiger partial charge in [-0.2, -0.15) is 0 Å². The number of carbonyl (C=O) groups is 1. The number of esters is 1. The summed E-state index contributed by atoms with van der Waals surface area (Å²) in [7, 11) is 3.68. The molecular formula is C19H24ClNO4. The summed E-state index contributed by atoms with van der Waals surface area (Å²) in [6, 6.07) is 4.52. The van der Waals surface area contributed by atoms with Gasteiger partial charge in [0, 0.05) is 22.0 Å². The first-order valence-electron chi connectivity index (χ1n) is 8.32. The number of nitrogens with zero attached hydrogens (tertiary/aromatic N) is 1. The van der Waals surface area contributed by atoms with Crippen molar-refractivity contribution in [1.29, 1.82) is 0 Å². The maximum Gasteiger partial charge on any atom is 0.336 e. The predicted octanol–water partition coefficient (Wildman–Crippen LogP) is 3.64. The Hall–Kier alpha value is -1.85. The molecule has 1 aromatic carbocycles. The van der Waals surface area contributed by atoms with E-state index in [9.17, 15) is 9.59 Å². The van der Waals surface area contributed by atoms with E-state index < -0.39 is 5.63 Å². The highest BCUT2D eigenvalue weighted by Gasteiger charge is 2.26. The van der Waals surface area contributed by atoms with E-state index in [1.54, 1.807) is 12.1 Å². The fourth-order valence-corrected chi connectivity index (χ4v) is 3.29. The molecule has 1 heterocycles. The molecule has 2 rings (SSSR count).